The second-order valence-corrected chi connectivity index (χ2v) is 5.90. The second-order valence-electron chi connectivity index (χ2n) is 4.61. The van der Waals surface area contributed by atoms with E-state index in [9.17, 15) is 4.79 Å². The van der Waals surface area contributed by atoms with Crippen LogP contribution in [-0.4, -0.2) is 13.1 Å². The molecule has 0 aliphatic heterocycles. The van der Waals surface area contributed by atoms with Crippen molar-refractivity contribution < 1.29 is 9.53 Å². The maximum atomic E-state index is 11.5. The minimum atomic E-state index is -0.346. The molecular weight excluding hydrogens is 354 g/mol. The monoisotopic (exact) mass is 367 g/mol. The van der Waals surface area contributed by atoms with Crippen molar-refractivity contribution in [1.82, 2.24) is 0 Å². The third-order valence-electron chi connectivity index (χ3n) is 3.14. The van der Waals surface area contributed by atoms with Crippen LogP contribution in [0.3, 0.4) is 0 Å². The first kappa shape index (κ1) is 15.9. The van der Waals surface area contributed by atoms with E-state index in [1.807, 2.05) is 31.2 Å². The average molecular weight is 369 g/mol. The summed E-state index contributed by atoms with van der Waals surface area (Å²) >= 11 is 9.48. The number of benzene rings is 2. The molecule has 0 radical (unpaired) electrons. The van der Waals surface area contributed by atoms with E-state index < -0.39 is 0 Å². The number of hydrogen-bond acceptors (Lipinski definition) is 3. The quantitative estimate of drug-likeness (QED) is 0.787. The molecule has 2 rings (SSSR count). The first-order chi connectivity index (χ1) is 10.0. The molecule has 5 heteroatoms. The molecule has 0 saturated carbocycles. The van der Waals surface area contributed by atoms with E-state index in [-0.39, 0.29) is 5.97 Å². The second kappa shape index (κ2) is 6.96. The summed E-state index contributed by atoms with van der Waals surface area (Å²) in [5.41, 5.74) is 3.68. The van der Waals surface area contributed by atoms with Crippen molar-refractivity contribution in [1.29, 1.82) is 0 Å². The van der Waals surface area contributed by atoms with Crippen LogP contribution in [0, 0.1) is 6.92 Å². The number of anilines is 1. The molecule has 0 aliphatic carbocycles. The van der Waals surface area contributed by atoms with Crippen LogP contribution in [0.5, 0.6) is 0 Å². The first-order valence-electron chi connectivity index (χ1n) is 6.38. The van der Waals surface area contributed by atoms with Crippen LogP contribution in [0.1, 0.15) is 21.5 Å². The Balaban J connectivity index is 2.13. The van der Waals surface area contributed by atoms with E-state index in [0.717, 1.165) is 21.3 Å². The third kappa shape index (κ3) is 3.99. The summed E-state index contributed by atoms with van der Waals surface area (Å²) in [5, 5.41) is 4.04. The van der Waals surface area contributed by atoms with Crippen LogP contribution in [0.25, 0.3) is 0 Å². The van der Waals surface area contributed by atoms with Crippen LogP contribution < -0.4 is 5.32 Å². The molecule has 0 bridgehead atoms. The van der Waals surface area contributed by atoms with Crippen molar-refractivity contribution in [3.63, 3.8) is 0 Å². The summed E-state index contributed by atoms with van der Waals surface area (Å²) in [5.74, 6) is -0.346. The molecule has 110 valence electrons. The van der Waals surface area contributed by atoms with Gasteiger partial charge in [-0.15, -0.1) is 0 Å². The van der Waals surface area contributed by atoms with Crippen molar-refractivity contribution in [3.8, 4) is 0 Å². The number of halogens is 2. The number of hydrogen-bond donors (Lipinski definition) is 1. The molecule has 1 N–H and O–H groups in total. The molecule has 0 unspecified atom stereocenters. The molecular formula is C16H15BrClNO2. The Morgan fingerprint density at radius 2 is 2.05 bits per heavy atom. The lowest BCUT2D eigenvalue weighted by Gasteiger charge is -2.12. The van der Waals surface area contributed by atoms with Crippen molar-refractivity contribution in [3.05, 3.63) is 62.6 Å². The lowest BCUT2D eigenvalue weighted by Crippen LogP contribution is -2.05. The highest BCUT2D eigenvalue weighted by Crippen LogP contribution is 2.23. The Morgan fingerprint density at radius 3 is 2.71 bits per heavy atom. The first-order valence-corrected chi connectivity index (χ1v) is 7.55. The number of rotatable bonds is 4. The number of nitrogens with one attached hydrogen (secondary N) is 1. The van der Waals surface area contributed by atoms with Gasteiger partial charge in [-0.25, -0.2) is 4.79 Å². The van der Waals surface area contributed by atoms with Gasteiger partial charge in [-0.2, -0.15) is 0 Å². The van der Waals surface area contributed by atoms with Gasteiger partial charge in [-0.05, 0) is 42.3 Å². The van der Waals surface area contributed by atoms with Crippen LogP contribution in [0.15, 0.2) is 40.9 Å². The zero-order valence-corrected chi connectivity index (χ0v) is 14.1. The highest BCUT2D eigenvalue weighted by atomic mass is 79.9. The molecule has 3 nitrogen and oxygen atoms in total. The molecule has 0 saturated heterocycles. The molecule has 0 spiro atoms. The molecule has 0 fully saturated rings. The predicted octanol–water partition coefficient (Wildman–Crippen LogP) is 4.81. The standard InChI is InChI=1S/C16H15BrClNO2/c1-10-3-6-13(18)8-15(10)19-9-12-5-4-11(7-14(12)17)16(20)21-2/h3-8,19H,9H2,1-2H3. The molecule has 0 aromatic heterocycles. The van der Waals surface area contributed by atoms with Gasteiger partial charge in [0.05, 0.1) is 12.7 Å². The fourth-order valence-electron chi connectivity index (χ4n) is 1.91. The van der Waals surface area contributed by atoms with Gasteiger partial charge in [0, 0.05) is 21.7 Å². The average Bonchev–Trinajstić information content (AvgIpc) is 2.48. The molecule has 2 aromatic rings. The third-order valence-corrected chi connectivity index (χ3v) is 4.12. The number of aryl methyl sites for hydroxylation is 1. The SMILES string of the molecule is COC(=O)c1ccc(CNc2cc(Cl)ccc2C)c(Br)c1. The highest BCUT2D eigenvalue weighted by molar-refractivity contribution is 9.10. The lowest BCUT2D eigenvalue weighted by atomic mass is 10.1. The largest absolute Gasteiger partial charge is 0.465 e. The normalized spacial score (nSPS) is 10.3. The van der Waals surface area contributed by atoms with Crippen molar-refractivity contribution >= 4 is 39.2 Å². The molecule has 0 heterocycles. The summed E-state index contributed by atoms with van der Waals surface area (Å²) in [7, 11) is 1.37. The van der Waals surface area contributed by atoms with Gasteiger partial charge in [-0.1, -0.05) is 39.7 Å². The van der Waals surface area contributed by atoms with E-state index in [0.29, 0.717) is 17.1 Å². The lowest BCUT2D eigenvalue weighted by molar-refractivity contribution is 0.0600. The fourth-order valence-corrected chi connectivity index (χ4v) is 2.60. The zero-order chi connectivity index (χ0) is 15.4. The zero-order valence-electron chi connectivity index (χ0n) is 11.7. The van der Waals surface area contributed by atoms with Crippen molar-refractivity contribution in [2.24, 2.45) is 0 Å². The van der Waals surface area contributed by atoms with E-state index >= 15 is 0 Å². The smallest absolute Gasteiger partial charge is 0.337 e. The van der Waals surface area contributed by atoms with E-state index in [4.69, 9.17) is 16.3 Å². The maximum Gasteiger partial charge on any atom is 0.337 e. The molecule has 0 atom stereocenters. The fraction of sp³-hybridized carbons (Fsp3) is 0.188. The van der Waals surface area contributed by atoms with Gasteiger partial charge in [-0.3, -0.25) is 0 Å². The number of ether oxygens (including phenoxy) is 1. The minimum absolute atomic E-state index is 0.346. The number of methoxy groups -OCH3 is 1. The van der Waals surface area contributed by atoms with Crippen LogP contribution in [0.4, 0.5) is 5.69 Å². The van der Waals surface area contributed by atoms with E-state index in [1.54, 1.807) is 12.1 Å². The summed E-state index contributed by atoms with van der Waals surface area (Å²) in [4.78, 5) is 11.5. The van der Waals surface area contributed by atoms with Crippen LogP contribution in [-0.2, 0) is 11.3 Å². The maximum absolute atomic E-state index is 11.5. The van der Waals surface area contributed by atoms with Gasteiger partial charge in [0.1, 0.15) is 0 Å². The Bertz CT molecular complexity index is 673. The van der Waals surface area contributed by atoms with Crippen LogP contribution in [0.2, 0.25) is 5.02 Å². The Kier molecular flexibility index (Phi) is 5.26. The molecule has 0 amide bonds. The number of carbonyl (C=O) groups is 1. The van der Waals surface area contributed by atoms with Crippen molar-refractivity contribution in [2.75, 3.05) is 12.4 Å². The minimum Gasteiger partial charge on any atom is -0.465 e. The topological polar surface area (TPSA) is 38.3 Å². The Morgan fingerprint density at radius 1 is 1.29 bits per heavy atom. The number of esters is 1. The van der Waals surface area contributed by atoms with Crippen LogP contribution >= 0.6 is 27.5 Å². The Hall–Kier alpha value is -1.52. The molecule has 0 aliphatic rings. The molecule has 2 aromatic carbocycles. The number of carbonyl (C=O) groups excluding carboxylic acids is 1. The van der Waals surface area contributed by atoms with Gasteiger partial charge in [0.2, 0.25) is 0 Å². The van der Waals surface area contributed by atoms with Gasteiger partial charge < -0.3 is 10.1 Å². The molecule has 21 heavy (non-hydrogen) atoms. The Labute approximate surface area is 137 Å². The van der Waals surface area contributed by atoms with E-state index in [2.05, 4.69) is 21.2 Å². The van der Waals surface area contributed by atoms with Gasteiger partial charge >= 0.3 is 5.97 Å². The summed E-state index contributed by atoms with van der Waals surface area (Å²) in [6, 6.07) is 11.1. The van der Waals surface area contributed by atoms with Gasteiger partial charge in [0.15, 0.2) is 0 Å². The van der Waals surface area contributed by atoms with Crippen molar-refractivity contribution in [2.45, 2.75) is 13.5 Å². The summed E-state index contributed by atoms with van der Waals surface area (Å²) in [6.45, 7) is 2.65. The summed E-state index contributed by atoms with van der Waals surface area (Å²) < 4.78 is 5.56. The van der Waals surface area contributed by atoms with Gasteiger partial charge in [0.25, 0.3) is 0 Å². The predicted molar refractivity (Wildman–Crippen MR) is 89.0 cm³/mol. The van der Waals surface area contributed by atoms with E-state index in [1.165, 1.54) is 7.11 Å². The summed E-state index contributed by atoms with van der Waals surface area (Å²) in [6.07, 6.45) is 0. The highest BCUT2D eigenvalue weighted by Gasteiger charge is 2.08.